The number of benzene rings is 2. The minimum atomic E-state index is -0.387. The lowest BCUT2D eigenvalue weighted by Gasteiger charge is -2.09. The van der Waals surface area contributed by atoms with Gasteiger partial charge in [-0.2, -0.15) is 0 Å². The van der Waals surface area contributed by atoms with Gasteiger partial charge in [-0.1, -0.05) is 22.0 Å². The largest absolute Gasteiger partial charge is 0.381 e. The Morgan fingerprint density at radius 1 is 1.05 bits per heavy atom. The molecule has 2 amide bonds. The summed E-state index contributed by atoms with van der Waals surface area (Å²) in [5, 5.41) is 5.39. The van der Waals surface area contributed by atoms with Crippen LogP contribution in [0.15, 0.2) is 40.9 Å². The van der Waals surface area contributed by atoms with E-state index in [2.05, 4.69) is 26.6 Å². The molecule has 3 rings (SSSR count). The summed E-state index contributed by atoms with van der Waals surface area (Å²) < 4.78 is 13.7. The fourth-order valence-electron chi connectivity index (χ4n) is 2.14. The Bertz CT molecular complexity index is 761. The number of carbonyl (C=O) groups is 2. The van der Waals surface area contributed by atoms with Crippen LogP contribution in [0.2, 0.25) is 0 Å². The van der Waals surface area contributed by atoms with Crippen LogP contribution in [0.5, 0.6) is 0 Å². The first-order valence-corrected chi connectivity index (χ1v) is 7.01. The summed E-state index contributed by atoms with van der Waals surface area (Å²) in [7, 11) is 0. The van der Waals surface area contributed by atoms with E-state index in [0.29, 0.717) is 22.1 Å². The Labute approximate surface area is 128 Å². The van der Waals surface area contributed by atoms with Gasteiger partial charge in [0.1, 0.15) is 5.82 Å². The smallest absolute Gasteiger partial charge is 0.259 e. The van der Waals surface area contributed by atoms with E-state index < -0.39 is 0 Å². The van der Waals surface area contributed by atoms with Gasteiger partial charge < -0.3 is 5.32 Å². The molecule has 1 aliphatic rings. The van der Waals surface area contributed by atoms with Crippen LogP contribution >= 0.6 is 15.9 Å². The number of carbonyl (C=O) groups excluding carboxylic acids is 2. The second-order valence-electron chi connectivity index (χ2n) is 4.63. The van der Waals surface area contributed by atoms with Gasteiger partial charge in [0.05, 0.1) is 11.1 Å². The summed E-state index contributed by atoms with van der Waals surface area (Å²) in [6.07, 6.45) is 0. The van der Waals surface area contributed by atoms with Crippen LogP contribution in [-0.2, 0) is 6.54 Å². The Hall–Kier alpha value is -2.21. The summed E-state index contributed by atoms with van der Waals surface area (Å²) in [4.78, 5) is 23.0. The van der Waals surface area contributed by atoms with E-state index >= 15 is 0 Å². The molecule has 0 atom stereocenters. The normalized spacial score (nSPS) is 13.0. The van der Waals surface area contributed by atoms with Gasteiger partial charge in [-0.05, 0) is 35.9 Å². The predicted molar refractivity (Wildman–Crippen MR) is 79.7 cm³/mol. The van der Waals surface area contributed by atoms with E-state index in [0.717, 1.165) is 11.3 Å². The van der Waals surface area contributed by atoms with Crippen LogP contribution < -0.4 is 10.6 Å². The molecule has 0 radical (unpaired) electrons. The molecule has 2 aromatic rings. The van der Waals surface area contributed by atoms with Gasteiger partial charge in [-0.3, -0.25) is 14.9 Å². The summed E-state index contributed by atoms with van der Waals surface area (Å²) in [5.41, 5.74) is 2.35. The third-order valence-corrected chi connectivity index (χ3v) is 3.97. The molecule has 106 valence electrons. The fraction of sp³-hybridized carbons (Fsp3) is 0.0667. The number of halogens is 2. The van der Waals surface area contributed by atoms with E-state index in [4.69, 9.17) is 0 Å². The molecule has 2 aromatic carbocycles. The lowest BCUT2D eigenvalue weighted by Crippen LogP contribution is -2.19. The molecule has 0 aliphatic carbocycles. The maximum Gasteiger partial charge on any atom is 0.259 e. The Kier molecular flexibility index (Phi) is 3.47. The van der Waals surface area contributed by atoms with Crippen LogP contribution in [0, 0.1) is 5.82 Å². The number of imide groups is 1. The van der Waals surface area contributed by atoms with Crippen molar-refractivity contribution in [2.75, 3.05) is 5.32 Å². The Morgan fingerprint density at radius 3 is 2.57 bits per heavy atom. The zero-order valence-electron chi connectivity index (χ0n) is 10.7. The van der Waals surface area contributed by atoms with E-state index in [1.165, 1.54) is 12.1 Å². The highest BCUT2D eigenvalue weighted by molar-refractivity contribution is 9.10. The number of amides is 2. The third-order valence-electron chi connectivity index (χ3n) is 3.23. The first kappa shape index (κ1) is 13.8. The summed E-state index contributed by atoms with van der Waals surface area (Å²) in [6.45, 7) is 0.467. The SMILES string of the molecule is O=C1NC(=O)c2cc(NCc3ccc(F)cc3Br)ccc21. The van der Waals surface area contributed by atoms with Gasteiger partial charge in [0.25, 0.3) is 11.8 Å². The van der Waals surface area contributed by atoms with E-state index in [1.807, 2.05) is 0 Å². The average Bonchev–Trinajstić information content (AvgIpc) is 2.73. The van der Waals surface area contributed by atoms with E-state index in [-0.39, 0.29) is 17.6 Å². The quantitative estimate of drug-likeness (QED) is 0.838. The second-order valence-corrected chi connectivity index (χ2v) is 5.49. The number of rotatable bonds is 3. The maximum absolute atomic E-state index is 13.0. The third kappa shape index (κ3) is 2.67. The van der Waals surface area contributed by atoms with Crippen LogP contribution in [0.4, 0.5) is 10.1 Å². The fourth-order valence-corrected chi connectivity index (χ4v) is 2.63. The zero-order chi connectivity index (χ0) is 15.0. The molecule has 1 aliphatic heterocycles. The minimum absolute atomic E-state index is 0.307. The van der Waals surface area contributed by atoms with Crippen molar-refractivity contribution in [3.63, 3.8) is 0 Å². The summed E-state index contributed by atoms with van der Waals surface area (Å²) >= 11 is 3.30. The van der Waals surface area contributed by atoms with Gasteiger partial charge >= 0.3 is 0 Å². The Balaban J connectivity index is 1.79. The standard InChI is InChI=1S/C15H10BrFN2O2/c16-13-5-9(17)2-1-8(13)7-18-10-3-4-11-12(6-10)15(21)19-14(11)20/h1-6,18H,7H2,(H,19,20,21). The molecular weight excluding hydrogens is 339 g/mol. The van der Waals surface area contributed by atoms with Crippen molar-refractivity contribution in [2.24, 2.45) is 0 Å². The molecule has 0 saturated carbocycles. The number of hydrogen-bond donors (Lipinski definition) is 2. The molecule has 0 saturated heterocycles. The zero-order valence-corrected chi connectivity index (χ0v) is 12.3. The van der Waals surface area contributed by atoms with Gasteiger partial charge in [0.2, 0.25) is 0 Å². The molecule has 0 unspecified atom stereocenters. The van der Waals surface area contributed by atoms with Gasteiger partial charge in [-0.15, -0.1) is 0 Å². The summed E-state index contributed by atoms with van der Waals surface area (Å²) in [5.74, 6) is -1.07. The first-order valence-electron chi connectivity index (χ1n) is 6.22. The van der Waals surface area contributed by atoms with Crippen molar-refractivity contribution < 1.29 is 14.0 Å². The highest BCUT2D eigenvalue weighted by Gasteiger charge is 2.26. The monoisotopic (exact) mass is 348 g/mol. The maximum atomic E-state index is 13.0. The van der Waals surface area contributed by atoms with Crippen LogP contribution in [0.25, 0.3) is 0 Å². The topological polar surface area (TPSA) is 58.2 Å². The van der Waals surface area contributed by atoms with Crippen molar-refractivity contribution in [3.05, 3.63) is 63.4 Å². The van der Waals surface area contributed by atoms with Crippen molar-refractivity contribution >= 4 is 33.4 Å². The van der Waals surface area contributed by atoms with Gasteiger partial charge in [0.15, 0.2) is 0 Å². The van der Waals surface area contributed by atoms with Crippen LogP contribution in [0.3, 0.4) is 0 Å². The second kappa shape index (κ2) is 5.29. The van der Waals surface area contributed by atoms with Crippen LogP contribution in [-0.4, -0.2) is 11.8 Å². The highest BCUT2D eigenvalue weighted by atomic mass is 79.9. The lowest BCUT2D eigenvalue weighted by atomic mass is 10.1. The number of nitrogens with one attached hydrogen (secondary N) is 2. The average molecular weight is 349 g/mol. The Morgan fingerprint density at radius 2 is 1.81 bits per heavy atom. The molecule has 0 aromatic heterocycles. The van der Waals surface area contributed by atoms with Crippen molar-refractivity contribution in [1.29, 1.82) is 0 Å². The number of hydrogen-bond acceptors (Lipinski definition) is 3. The van der Waals surface area contributed by atoms with Crippen molar-refractivity contribution in [2.45, 2.75) is 6.54 Å². The first-order chi connectivity index (χ1) is 10.0. The molecular formula is C15H10BrFN2O2. The summed E-state index contributed by atoms with van der Waals surface area (Å²) in [6, 6.07) is 9.43. The molecule has 0 spiro atoms. The molecule has 4 nitrogen and oxygen atoms in total. The van der Waals surface area contributed by atoms with Crippen molar-refractivity contribution in [3.8, 4) is 0 Å². The van der Waals surface area contributed by atoms with Gasteiger partial charge in [0, 0.05) is 16.7 Å². The number of anilines is 1. The molecule has 1 heterocycles. The highest BCUT2D eigenvalue weighted by Crippen LogP contribution is 2.22. The molecule has 0 fully saturated rings. The van der Waals surface area contributed by atoms with Gasteiger partial charge in [-0.25, -0.2) is 4.39 Å². The van der Waals surface area contributed by atoms with Crippen molar-refractivity contribution in [1.82, 2.24) is 5.32 Å². The molecule has 21 heavy (non-hydrogen) atoms. The molecule has 6 heteroatoms. The minimum Gasteiger partial charge on any atom is -0.381 e. The van der Waals surface area contributed by atoms with Crippen LogP contribution in [0.1, 0.15) is 26.3 Å². The van der Waals surface area contributed by atoms with E-state index in [1.54, 1.807) is 24.3 Å². The molecule has 2 N–H and O–H groups in total. The predicted octanol–water partition coefficient (Wildman–Crippen LogP) is 3.08. The van der Waals surface area contributed by atoms with E-state index in [9.17, 15) is 14.0 Å². The molecule has 0 bridgehead atoms. The lowest BCUT2D eigenvalue weighted by molar-refractivity contribution is 0.0879. The number of fused-ring (bicyclic) bond motifs is 1.